The predicted octanol–water partition coefficient (Wildman–Crippen LogP) is 1.20. The van der Waals surface area contributed by atoms with Crippen LogP contribution in [0.15, 0.2) is 39.5 Å². The van der Waals surface area contributed by atoms with E-state index < -0.39 is 30.2 Å². The second kappa shape index (κ2) is 6.51. The molecule has 1 heterocycles. The molecule has 0 spiro atoms. The largest absolute Gasteiger partial charge is 0.471 e. The first-order valence-corrected chi connectivity index (χ1v) is 6.45. The number of alkyl halides is 3. The average molecular weight is 328 g/mol. The number of halogens is 3. The first-order valence-electron chi connectivity index (χ1n) is 6.45. The molecule has 0 saturated carbocycles. The fraction of sp³-hybridized carbons (Fsp3) is 0.214. The Morgan fingerprint density at radius 3 is 2.43 bits per heavy atom. The van der Waals surface area contributed by atoms with Gasteiger partial charge in [0.25, 0.3) is 5.91 Å². The molecule has 2 N–H and O–H groups in total. The third kappa shape index (κ3) is 4.09. The van der Waals surface area contributed by atoms with Crippen molar-refractivity contribution in [2.24, 2.45) is 0 Å². The van der Waals surface area contributed by atoms with Crippen LogP contribution < -0.4 is 16.3 Å². The Labute approximate surface area is 127 Å². The van der Waals surface area contributed by atoms with Crippen molar-refractivity contribution >= 4 is 22.8 Å². The minimum Gasteiger partial charge on any atom is -0.422 e. The van der Waals surface area contributed by atoms with Gasteiger partial charge in [-0.05, 0) is 12.1 Å². The first kappa shape index (κ1) is 16.5. The Balaban J connectivity index is 1.98. The first-order chi connectivity index (χ1) is 10.8. The molecule has 0 saturated heterocycles. The second-order valence-electron chi connectivity index (χ2n) is 4.49. The van der Waals surface area contributed by atoms with Gasteiger partial charge >= 0.3 is 17.7 Å². The van der Waals surface area contributed by atoms with Gasteiger partial charge in [-0.1, -0.05) is 18.2 Å². The van der Waals surface area contributed by atoms with Crippen LogP contribution in [0.5, 0.6) is 0 Å². The zero-order chi connectivity index (χ0) is 17.0. The minimum atomic E-state index is -4.98. The number of hydrogen-bond acceptors (Lipinski definition) is 4. The Bertz CT molecular complexity index is 798. The quantitative estimate of drug-likeness (QED) is 0.652. The second-order valence-corrected chi connectivity index (χ2v) is 4.49. The van der Waals surface area contributed by atoms with Gasteiger partial charge in [-0.25, -0.2) is 4.79 Å². The topological polar surface area (TPSA) is 88.4 Å². The summed E-state index contributed by atoms with van der Waals surface area (Å²) in [6, 6.07) is 7.87. The van der Waals surface area contributed by atoms with E-state index in [2.05, 4.69) is 5.32 Å². The van der Waals surface area contributed by atoms with E-state index in [-0.39, 0.29) is 12.1 Å². The van der Waals surface area contributed by atoms with E-state index in [1.54, 1.807) is 29.6 Å². The van der Waals surface area contributed by atoms with Crippen LogP contribution in [0.2, 0.25) is 0 Å². The van der Waals surface area contributed by atoms with Gasteiger partial charge in [-0.15, -0.1) is 0 Å². The monoisotopic (exact) mass is 328 g/mol. The molecule has 6 nitrogen and oxygen atoms in total. The van der Waals surface area contributed by atoms with E-state index in [4.69, 9.17) is 4.42 Å². The summed E-state index contributed by atoms with van der Waals surface area (Å²) in [6.45, 7) is -0.698. The van der Waals surface area contributed by atoms with Crippen molar-refractivity contribution in [3.63, 3.8) is 0 Å². The predicted molar refractivity (Wildman–Crippen MR) is 73.9 cm³/mol. The van der Waals surface area contributed by atoms with Crippen molar-refractivity contribution in [3.05, 3.63) is 46.3 Å². The maximum Gasteiger partial charge on any atom is 0.471 e. The molecule has 23 heavy (non-hydrogen) atoms. The molecule has 0 aliphatic carbocycles. The number of carbonyl (C=O) groups is 2. The average Bonchev–Trinajstić information content (AvgIpc) is 2.49. The lowest BCUT2D eigenvalue weighted by Gasteiger charge is -2.08. The summed E-state index contributed by atoms with van der Waals surface area (Å²) in [6.07, 6.45) is -4.98. The number of rotatable bonds is 4. The molecule has 2 amide bonds. The van der Waals surface area contributed by atoms with E-state index in [1.165, 1.54) is 6.07 Å². The number of nitrogens with one attached hydrogen (secondary N) is 2. The number of para-hydroxylation sites is 1. The molecule has 0 fully saturated rings. The molecule has 0 bridgehead atoms. The third-order valence-corrected chi connectivity index (χ3v) is 2.84. The van der Waals surface area contributed by atoms with Gasteiger partial charge < -0.3 is 15.1 Å². The fourth-order valence-electron chi connectivity index (χ4n) is 1.77. The molecule has 1 aromatic carbocycles. The molecule has 0 unspecified atom stereocenters. The zero-order valence-electron chi connectivity index (χ0n) is 11.6. The summed E-state index contributed by atoms with van der Waals surface area (Å²) in [5.74, 6) is -2.90. The van der Waals surface area contributed by atoms with E-state index in [0.29, 0.717) is 11.0 Å². The number of benzene rings is 1. The highest BCUT2D eigenvalue weighted by molar-refractivity contribution is 5.96. The Kier molecular flexibility index (Phi) is 4.68. The highest BCUT2D eigenvalue weighted by Crippen LogP contribution is 2.14. The zero-order valence-corrected chi connectivity index (χ0v) is 11.6. The van der Waals surface area contributed by atoms with Crippen molar-refractivity contribution < 1.29 is 27.2 Å². The van der Waals surface area contributed by atoms with Crippen LogP contribution in [-0.2, 0) is 4.79 Å². The van der Waals surface area contributed by atoms with Gasteiger partial charge in [-0.2, -0.15) is 13.2 Å². The molecule has 1 aromatic heterocycles. The Morgan fingerprint density at radius 1 is 1.09 bits per heavy atom. The van der Waals surface area contributed by atoms with Crippen LogP contribution in [0.4, 0.5) is 13.2 Å². The maximum absolute atomic E-state index is 11.9. The lowest BCUT2D eigenvalue weighted by Crippen LogP contribution is -2.41. The van der Waals surface area contributed by atoms with Gasteiger partial charge in [0.05, 0.1) is 0 Å². The van der Waals surface area contributed by atoms with Crippen molar-refractivity contribution in [2.45, 2.75) is 6.18 Å². The fourth-order valence-corrected chi connectivity index (χ4v) is 1.77. The lowest BCUT2D eigenvalue weighted by atomic mass is 10.2. The summed E-state index contributed by atoms with van der Waals surface area (Å²) in [4.78, 5) is 34.1. The normalized spacial score (nSPS) is 11.3. The molecule has 9 heteroatoms. The van der Waals surface area contributed by atoms with Crippen LogP contribution in [-0.4, -0.2) is 31.1 Å². The molecule has 0 atom stereocenters. The van der Waals surface area contributed by atoms with E-state index in [9.17, 15) is 27.6 Å². The molecule has 0 radical (unpaired) electrons. The van der Waals surface area contributed by atoms with Crippen LogP contribution in [0, 0.1) is 0 Å². The van der Waals surface area contributed by atoms with Gasteiger partial charge in [-0.3, -0.25) is 9.59 Å². The molecule has 2 rings (SSSR count). The van der Waals surface area contributed by atoms with Gasteiger partial charge in [0, 0.05) is 18.5 Å². The summed E-state index contributed by atoms with van der Waals surface area (Å²) in [5, 5.41) is 4.35. The number of carbonyl (C=O) groups excluding carboxylic acids is 2. The standard InChI is InChI=1S/C14H11F3N2O4/c15-14(16,17)13(22)19-6-5-18-11(20)9-7-8-3-1-2-4-10(8)23-12(9)21/h1-4,7H,5-6H2,(H,18,20)(H,19,22). The van der Waals surface area contributed by atoms with Crippen LogP contribution in [0.3, 0.4) is 0 Å². The van der Waals surface area contributed by atoms with Gasteiger partial charge in [0.1, 0.15) is 11.1 Å². The number of fused-ring (bicyclic) bond motifs is 1. The van der Waals surface area contributed by atoms with Crippen molar-refractivity contribution in [3.8, 4) is 0 Å². The van der Waals surface area contributed by atoms with Crippen LogP contribution >= 0.6 is 0 Å². The SMILES string of the molecule is O=C(NCCNC(=O)C(F)(F)F)c1cc2ccccc2oc1=O. The van der Waals surface area contributed by atoms with Crippen molar-refractivity contribution in [1.29, 1.82) is 0 Å². The van der Waals surface area contributed by atoms with E-state index in [0.717, 1.165) is 0 Å². The smallest absolute Gasteiger partial charge is 0.422 e. The highest BCUT2D eigenvalue weighted by atomic mass is 19.4. The van der Waals surface area contributed by atoms with E-state index in [1.807, 2.05) is 0 Å². The van der Waals surface area contributed by atoms with Crippen LogP contribution in [0.1, 0.15) is 10.4 Å². The van der Waals surface area contributed by atoms with E-state index >= 15 is 0 Å². The molecule has 2 aromatic rings. The maximum atomic E-state index is 11.9. The Hall–Kier alpha value is -2.84. The number of amides is 2. The highest BCUT2D eigenvalue weighted by Gasteiger charge is 2.38. The summed E-state index contributed by atoms with van der Waals surface area (Å²) in [5.41, 5.74) is -0.821. The summed E-state index contributed by atoms with van der Waals surface area (Å²) in [7, 11) is 0. The molecule has 0 aliphatic heterocycles. The van der Waals surface area contributed by atoms with Crippen molar-refractivity contribution in [2.75, 3.05) is 13.1 Å². The van der Waals surface area contributed by atoms with Gasteiger partial charge in [0.15, 0.2) is 0 Å². The molecular formula is C14H11F3N2O4. The molecular weight excluding hydrogens is 317 g/mol. The minimum absolute atomic E-state index is 0.271. The number of hydrogen-bond donors (Lipinski definition) is 2. The summed E-state index contributed by atoms with van der Waals surface area (Å²) < 4.78 is 40.8. The Morgan fingerprint density at radius 2 is 1.74 bits per heavy atom. The van der Waals surface area contributed by atoms with Gasteiger partial charge in [0.2, 0.25) is 0 Å². The molecule has 122 valence electrons. The van der Waals surface area contributed by atoms with Crippen molar-refractivity contribution in [1.82, 2.24) is 10.6 Å². The lowest BCUT2D eigenvalue weighted by molar-refractivity contribution is -0.173. The van der Waals surface area contributed by atoms with Crippen LogP contribution in [0.25, 0.3) is 11.0 Å². The molecule has 0 aliphatic rings. The third-order valence-electron chi connectivity index (χ3n) is 2.84. The summed E-state index contributed by atoms with van der Waals surface area (Å²) >= 11 is 0.